The number of morpholine rings is 1. The topological polar surface area (TPSA) is 81.1 Å². The highest BCUT2D eigenvalue weighted by atomic mass is 16.5. The standard InChI is InChI=1S/C23H27N3O4/c1-16-6-8-17(9-7-16)19(15-26-10-12-29-13-11-26)24-22(27)14-21-23(28)25-18-4-2-3-5-20(18)30-21/h2-9,19,21H,10-15H2,1H3,(H,24,27)(H,25,28)/p+1/t19-,21+/m0/s1. The first kappa shape index (κ1) is 20.4. The number of rotatable bonds is 6. The van der Waals surface area contributed by atoms with Gasteiger partial charge in [0.1, 0.15) is 31.4 Å². The Morgan fingerprint density at radius 2 is 1.90 bits per heavy atom. The molecular formula is C23H28N3O4+. The molecule has 0 aliphatic carbocycles. The molecule has 0 unspecified atom stereocenters. The van der Waals surface area contributed by atoms with Crippen LogP contribution < -0.4 is 20.3 Å². The lowest BCUT2D eigenvalue weighted by molar-refractivity contribution is -0.909. The van der Waals surface area contributed by atoms with Crippen LogP contribution in [0, 0.1) is 6.92 Å². The average molecular weight is 410 g/mol. The van der Waals surface area contributed by atoms with Crippen LogP contribution in [0.2, 0.25) is 0 Å². The summed E-state index contributed by atoms with van der Waals surface area (Å²) in [5.41, 5.74) is 2.87. The molecule has 2 aromatic carbocycles. The van der Waals surface area contributed by atoms with E-state index in [1.165, 1.54) is 10.5 Å². The van der Waals surface area contributed by atoms with Crippen molar-refractivity contribution in [2.75, 3.05) is 38.2 Å². The van der Waals surface area contributed by atoms with Crippen molar-refractivity contribution in [3.63, 3.8) is 0 Å². The minimum absolute atomic E-state index is 0.0268. The Hall–Kier alpha value is -2.90. The molecule has 0 bridgehead atoms. The molecule has 3 N–H and O–H groups in total. The lowest BCUT2D eigenvalue weighted by atomic mass is 10.0. The number of carbonyl (C=O) groups is 2. The molecule has 2 aliphatic rings. The van der Waals surface area contributed by atoms with Crippen molar-refractivity contribution in [2.45, 2.75) is 25.5 Å². The van der Waals surface area contributed by atoms with Crippen LogP contribution in [0.4, 0.5) is 5.69 Å². The van der Waals surface area contributed by atoms with Gasteiger partial charge in [-0.2, -0.15) is 0 Å². The Morgan fingerprint density at radius 3 is 2.67 bits per heavy atom. The van der Waals surface area contributed by atoms with Crippen molar-refractivity contribution >= 4 is 17.5 Å². The van der Waals surface area contributed by atoms with E-state index in [-0.39, 0.29) is 24.3 Å². The molecule has 7 heteroatoms. The molecule has 0 aromatic heterocycles. The highest BCUT2D eigenvalue weighted by molar-refractivity contribution is 5.99. The van der Waals surface area contributed by atoms with Crippen LogP contribution in [0.3, 0.4) is 0 Å². The van der Waals surface area contributed by atoms with Gasteiger partial charge in [-0.05, 0) is 24.6 Å². The third-order valence-electron chi connectivity index (χ3n) is 5.59. The molecule has 4 rings (SSSR count). The van der Waals surface area contributed by atoms with Crippen molar-refractivity contribution < 1.29 is 24.0 Å². The van der Waals surface area contributed by atoms with Gasteiger partial charge in [0.25, 0.3) is 5.91 Å². The van der Waals surface area contributed by atoms with Gasteiger partial charge in [-0.25, -0.2) is 0 Å². The average Bonchev–Trinajstić information content (AvgIpc) is 2.75. The van der Waals surface area contributed by atoms with E-state index in [2.05, 4.69) is 34.9 Å². The maximum absolute atomic E-state index is 12.9. The fourth-order valence-corrected chi connectivity index (χ4v) is 3.85. The van der Waals surface area contributed by atoms with Crippen molar-refractivity contribution in [3.8, 4) is 5.75 Å². The quantitative estimate of drug-likeness (QED) is 0.660. The van der Waals surface area contributed by atoms with Gasteiger partial charge in [0.15, 0.2) is 6.10 Å². The van der Waals surface area contributed by atoms with Crippen LogP contribution in [0.25, 0.3) is 0 Å². The van der Waals surface area contributed by atoms with E-state index in [0.29, 0.717) is 11.4 Å². The minimum atomic E-state index is -0.839. The summed E-state index contributed by atoms with van der Waals surface area (Å²) >= 11 is 0. The zero-order valence-electron chi connectivity index (χ0n) is 17.1. The Labute approximate surface area is 176 Å². The van der Waals surface area contributed by atoms with Crippen molar-refractivity contribution in [3.05, 3.63) is 59.7 Å². The number of amides is 2. The second kappa shape index (κ2) is 9.28. The van der Waals surface area contributed by atoms with Gasteiger partial charge in [0.2, 0.25) is 5.91 Å². The molecule has 2 aromatic rings. The lowest BCUT2D eigenvalue weighted by Gasteiger charge is -2.29. The van der Waals surface area contributed by atoms with Crippen molar-refractivity contribution in [1.82, 2.24) is 5.32 Å². The number of carbonyl (C=O) groups excluding carboxylic acids is 2. The summed E-state index contributed by atoms with van der Waals surface area (Å²) in [6, 6.07) is 15.3. The highest BCUT2D eigenvalue weighted by Crippen LogP contribution is 2.29. The van der Waals surface area contributed by atoms with E-state index in [1.807, 2.05) is 19.1 Å². The van der Waals surface area contributed by atoms with Gasteiger partial charge in [0, 0.05) is 0 Å². The largest absolute Gasteiger partial charge is 0.478 e. The van der Waals surface area contributed by atoms with Gasteiger partial charge in [-0.1, -0.05) is 42.0 Å². The zero-order valence-corrected chi connectivity index (χ0v) is 17.1. The number of quaternary nitrogens is 1. The van der Waals surface area contributed by atoms with Crippen molar-refractivity contribution in [1.29, 1.82) is 0 Å². The molecule has 0 saturated carbocycles. The fraction of sp³-hybridized carbons (Fsp3) is 0.391. The van der Waals surface area contributed by atoms with Gasteiger partial charge in [0.05, 0.1) is 25.3 Å². The smallest absolute Gasteiger partial charge is 0.266 e. The second-order valence-electron chi connectivity index (χ2n) is 7.89. The van der Waals surface area contributed by atoms with Crippen LogP contribution in [0.1, 0.15) is 23.6 Å². The normalized spacial score (nSPS) is 19.9. The summed E-state index contributed by atoms with van der Waals surface area (Å²) in [5, 5.41) is 5.94. The number of aryl methyl sites for hydroxylation is 1. The van der Waals surface area contributed by atoms with Crippen molar-refractivity contribution in [2.24, 2.45) is 0 Å². The van der Waals surface area contributed by atoms with Crippen LogP contribution in [0.15, 0.2) is 48.5 Å². The monoisotopic (exact) mass is 410 g/mol. The summed E-state index contributed by atoms with van der Waals surface area (Å²) in [6.07, 6.45) is -0.865. The summed E-state index contributed by atoms with van der Waals surface area (Å²) < 4.78 is 11.2. The van der Waals surface area contributed by atoms with Crippen LogP contribution in [-0.2, 0) is 14.3 Å². The summed E-state index contributed by atoms with van der Waals surface area (Å²) in [7, 11) is 0. The molecular weight excluding hydrogens is 382 g/mol. The molecule has 2 aliphatic heterocycles. The zero-order chi connectivity index (χ0) is 20.9. The molecule has 2 heterocycles. The van der Waals surface area contributed by atoms with E-state index in [1.54, 1.807) is 12.1 Å². The number of hydrogen-bond donors (Lipinski definition) is 3. The number of ether oxygens (including phenoxy) is 2. The molecule has 0 spiro atoms. The number of nitrogens with one attached hydrogen (secondary N) is 3. The third kappa shape index (κ3) is 4.98. The molecule has 0 radical (unpaired) electrons. The first-order valence-corrected chi connectivity index (χ1v) is 10.4. The van der Waals surface area contributed by atoms with E-state index < -0.39 is 6.10 Å². The van der Waals surface area contributed by atoms with Gasteiger partial charge < -0.3 is 25.0 Å². The molecule has 2 amide bonds. The predicted octanol–water partition coefficient (Wildman–Crippen LogP) is 0.857. The Kier molecular flexibility index (Phi) is 6.30. The summed E-state index contributed by atoms with van der Waals surface area (Å²) in [5.74, 6) is 0.0880. The van der Waals surface area contributed by atoms with E-state index in [9.17, 15) is 9.59 Å². The molecule has 7 nitrogen and oxygen atoms in total. The number of benzene rings is 2. The first-order valence-electron chi connectivity index (χ1n) is 10.4. The summed E-state index contributed by atoms with van der Waals surface area (Å²) in [4.78, 5) is 26.6. The SMILES string of the molecule is Cc1ccc([C@H](C[NH+]2CCOCC2)NC(=O)C[C@H]2Oc3ccccc3NC2=O)cc1. The Balaban J connectivity index is 1.43. The number of anilines is 1. The van der Waals surface area contributed by atoms with E-state index in [0.717, 1.165) is 38.4 Å². The van der Waals surface area contributed by atoms with Crippen LogP contribution in [0.5, 0.6) is 5.75 Å². The molecule has 30 heavy (non-hydrogen) atoms. The number of para-hydroxylation sites is 2. The van der Waals surface area contributed by atoms with Gasteiger partial charge in [-0.15, -0.1) is 0 Å². The van der Waals surface area contributed by atoms with E-state index in [4.69, 9.17) is 9.47 Å². The van der Waals surface area contributed by atoms with Gasteiger partial charge in [-0.3, -0.25) is 9.59 Å². The van der Waals surface area contributed by atoms with Crippen LogP contribution >= 0.6 is 0 Å². The molecule has 2 atom stereocenters. The Bertz CT molecular complexity index is 894. The molecule has 1 saturated heterocycles. The Morgan fingerprint density at radius 1 is 1.17 bits per heavy atom. The molecule has 1 fully saturated rings. The lowest BCUT2D eigenvalue weighted by Crippen LogP contribution is -3.14. The minimum Gasteiger partial charge on any atom is -0.478 e. The maximum Gasteiger partial charge on any atom is 0.266 e. The third-order valence-corrected chi connectivity index (χ3v) is 5.59. The number of fused-ring (bicyclic) bond motifs is 1. The number of hydrogen-bond acceptors (Lipinski definition) is 4. The highest BCUT2D eigenvalue weighted by Gasteiger charge is 2.31. The second-order valence-corrected chi connectivity index (χ2v) is 7.89. The maximum atomic E-state index is 12.9. The summed E-state index contributed by atoms with van der Waals surface area (Å²) in [6.45, 7) is 6.13. The van der Waals surface area contributed by atoms with Crippen LogP contribution in [-0.4, -0.2) is 50.8 Å². The first-order chi connectivity index (χ1) is 14.6. The van der Waals surface area contributed by atoms with Gasteiger partial charge >= 0.3 is 0 Å². The van der Waals surface area contributed by atoms with E-state index >= 15 is 0 Å². The fourth-order valence-electron chi connectivity index (χ4n) is 3.85. The molecule has 158 valence electrons. The predicted molar refractivity (Wildman–Crippen MR) is 113 cm³/mol.